The van der Waals surface area contributed by atoms with Crippen LogP contribution in [0, 0.1) is 0 Å². The zero-order valence-electron chi connectivity index (χ0n) is 16.1. The van der Waals surface area contributed by atoms with Crippen molar-refractivity contribution in [3.63, 3.8) is 0 Å². The van der Waals surface area contributed by atoms with Crippen LogP contribution in [0.1, 0.15) is 52.4 Å². The second-order valence-corrected chi connectivity index (χ2v) is 9.97. The van der Waals surface area contributed by atoms with Crippen LogP contribution in [0.4, 0.5) is 0 Å². The first-order valence-electron chi connectivity index (χ1n) is 8.73. The van der Waals surface area contributed by atoms with E-state index in [1.165, 1.54) is 25.7 Å². The Labute approximate surface area is 170 Å². The summed E-state index contributed by atoms with van der Waals surface area (Å²) in [6.07, 6.45) is 5.22. The Morgan fingerprint density at radius 1 is 0.778 bits per heavy atom. The van der Waals surface area contributed by atoms with E-state index in [1.54, 1.807) is 8.87 Å². The van der Waals surface area contributed by atoms with E-state index in [0.29, 0.717) is 0 Å². The molecule has 2 radical (unpaired) electrons. The number of amides is 2. The van der Waals surface area contributed by atoms with Crippen LogP contribution in [0.3, 0.4) is 0 Å². The van der Waals surface area contributed by atoms with E-state index in [1.807, 2.05) is 0 Å². The Morgan fingerprint density at radius 2 is 1.07 bits per heavy atom. The molecule has 11 heteroatoms. The van der Waals surface area contributed by atoms with Gasteiger partial charge in [0.2, 0.25) is 11.8 Å². The van der Waals surface area contributed by atoms with Crippen LogP contribution in [0.5, 0.6) is 0 Å². The van der Waals surface area contributed by atoms with Crippen LogP contribution in [0.25, 0.3) is 0 Å². The van der Waals surface area contributed by atoms with E-state index in [0.717, 1.165) is 0 Å². The van der Waals surface area contributed by atoms with Gasteiger partial charge in [0.1, 0.15) is 12.1 Å². The third kappa shape index (κ3) is 29.6. The molecule has 0 aliphatic rings. The van der Waals surface area contributed by atoms with Gasteiger partial charge in [0.25, 0.3) is 0 Å². The minimum atomic E-state index is -1.21. The predicted octanol–water partition coefficient (Wildman–Crippen LogP) is -0.325. The Morgan fingerprint density at radius 3 is 1.22 bits per heavy atom. The van der Waals surface area contributed by atoms with Gasteiger partial charge in [-0.25, -0.2) is 0 Å². The average molecular weight is 497 g/mol. The molecule has 0 spiro atoms. The van der Waals surface area contributed by atoms with Crippen molar-refractivity contribution in [3.8, 4) is 0 Å². The standard InChI is InChI=1S/2C4H8N2O3.2C4H9.Sn/c2*5-2(4(8)9)1-3(6)7;2*1-3-4-2;/h2*2H,1,5H2,(H2,6,7)(H,8,9);2*1,3-4H2,2H3;/t2*2-;;;/m00.../s1. The molecule has 10 nitrogen and oxygen atoms in total. The van der Waals surface area contributed by atoms with Crippen molar-refractivity contribution < 1.29 is 29.4 Å². The Balaban J connectivity index is -0.000000320. The average Bonchev–Trinajstić information content (AvgIpc) is 2.54. The minimum Gasteiger partial charge on any atom is -0.480 e. The summed E-state index contributed by atoms with van der Waals surface area (Å²) in [4.78, 5) is 39.8. The number of unbranched alkanes of at least 4 members (excludes halogenated alkanes) is 2. The monoisotopic (exact) mass is 498 g/mol. The summed E-state index contributed by atoms with van der Waals surface area (Å²) in [5.74, 6) is -3.84. The van der Waals surface area contributed by atoms with Crippen molar-refractivity contribution in [2.24, 2.45) is 22.9 Å². The molecular formula is C16H34N4O6Sn. The summed E-state index contributed by atoms with van der Waals surface area (Å²) in [5.41, 5.74) is 19.1. The van der Waals surface area contributed by atoms with Gasteiger partial charge in [0, 0.05) is 0 Å². The van der Waals surface area contributed by atoms with E-state index in [-0.39, 0.29) is 34.0 Å². The zero-order chi connectivity index (χ0) is 21.8. The quantitative estimate of drug-likeness (QED) is 0.155. The summed E-state index contributed by atoms with van der Waals surface area (Å²) < 4.78 is 3.25. The van der Waals surface area contributed by atoms with Gasteiger partial charge in [-0.1, -0.05) is 0 Å². The minimum absolute atomic E-state index is 0.149. The number of aliphatic carboxylic acids is 2. The van der Waals surface area contributed by atoms with Gasteiger partial charge in [-0.05, 0) is 0 Å². The molecule has 0 aliphatic heterocycles. The third-order valence-corrected chi connectivity index (χ3v) is 6.93. The molecule has 0 saturated carbocycles. The van der Waals surface area contributed by atoms with Crippen molar-refractivity contribution in [1.82, 2.24) is 0 Å². The van der Waals surface area contributed by atoms with Crippen LogP contribution >= 0.6 is 0 Å². The maximum atomic E-state index is 9.99. The molecule has 27 heavy (non-hydrogen) atoms. The van der Waals surface area contributed by atoms with Gasteiger partial charge >= 0.3 is 81.5 Å². The first-order chi connectivity index (χ1) is 12.5. The second kappa shape index (κ2) is 20.9. The van der Waals surface area contributed by atoms with E-state index in [9.17, 15) is 19.2 Å². The Bertz CT molecular complexity index is 399. The van der Waals surface area contributed by atoms with Crippen LogP contribution in [0.2, 0.25) is 8.87 Å². The van der Waals surface area contributed by atoms with Crippen molar-refractivity contribution in [1.29, 1.82) is 0 Å². The number of carboxylic acids is 2. The number of hydrogen-bond donors (Lipinski definition) is 6. The molecule has 2 amide bonds. The maximum Gasteiger partial charge on any atom is 0.321 e. The number of primary amides is 2. The van der Waals surface area contributed by atoms with Gasteiger partial charge in [0.05, 0.1) is 12.8 Å². The number of rotatable bonds is 12. The van der Waals surface area contributed by atoms with E-state index in [2.05, 4.69) is 25.3 Å². The number of hydrogen-bond acceptors (Lipinski definition) is 6. The molecule has 0 aromatic heterocycles. The van der Waals surface area contributed by atoms with Gasteiger partial charge in [-0.3, -0.25) is 19.2 Å². The Kier molecular flexibility index (Phi) is 23.5. The van der Waals surface area contributed by atoms with Crippen molar-refractivity contribution in [2.75, 3.05) is 0 Å². The van der Waals surface area contributed by atoms with E-state index < -0.39 is 35.8 Å². The number of nitrogens with two attached hydrogens (primary N) is 4. The first kappa shape index (κ1) is 30.3. The van der Waals surface area contributed by atoms with Crippen LogP contribution in [-0.2, 0) is 19.2 Å². The van der Waals surface area contributed by atoms with Crippen molar-refractivity contribution in [2.45, 2.75) is 73.3 Å². The third-order valence-electron chi connectivity index (χ3n) is 2.89. The molecule has 0 saturated heterocycles. The summed E-state index contributed by atoms with van der Waals surface area (Å²) in [5, 5.41) is 16.2. The summed E-state index contributed by atoms with van der Waals surface area (Å²) in [6.45, 7) is 4.58. The van der Waals surface area contributed by atoms with Gasteiger partial charge < -0.3 is 33.1 Å². The van der Waals surface area contributed by atoms with Crippen molar-refractivity contribution in [3.05, 3.63) is 0 Å². The van der Waals surface area contributed by atoms with Gasteiger partial charge in [-0.15, -0.1) is 0 Å². The second-order valence-electron chi connectivity index (χ2n) is 5.69. The molecule has 0 heterocycles. The SMILES string of the molecule is CCC[CH2][Sn][CH2]CCC.NC(=O)C[C@H](N)C(=O)O.NC(=O)C[C@H](N)C(=O)O. The molecule has 0 aliphatic carbocycles. The molecule has 0 unspecified atom stereocenters. The molecular weight excluding hydrogens is 463 g/mol. The molecule has 0 aromatic carbocycles. The fourth-order valence-electron chi connectivity index (χ4n) is 1.34. The molecule has 0 fully saturated rings. The molecule has 0 rings (SSSR count). The predicted molar refractivity (Wildman–Crippen MR) is 104 cm³/mol. The van der Waals surface area contributed by atoms with Gasteiger partial charge in [-0.2, -0.15) is 0 Å². The fraction of sp³-hybridized carbons (Fsp3) is 0.750. The zero-order valence-corrected chi connectivity index (χ0v) is 19.0. The largest absolute Gasteiger partial charge is 0.480 e. The summed E-state index contributed by atoms with van der Waals surface area (Å²) in [7, 11) is 0. The number of carbonyl (C=O) groups is 4. The summed E-state index contributed by atoms with van der Waals surface area (Å²) >= 11 is 0.149. The van der Waals surface area contributed by atoms with Crippen LogP contribution < -0.4 is 22.9 Å². The molecule has 158 valence electrons. The molecule has 10 N–H and O–H groups in total. The fourth-order valence-corrected chi connectivity index (χ4v) is 5.50. The molecule has 0 bridgehead atoms. The molecule has 0 aromatic rings. The summed E-state index contributed by atoms with van der Waals surface area (Å²) in [6, 6.07) is -2.33. The van der Waals surface area contributed by atoms with Gasteiger partial charge in [0.15, 0.2) is 0 Å². The topological polar surface area (TPSA) is 213 Å². The Hall–Kier alpha value is -1.40. The number of carbonyl (C=O) groups excluding carboxylic acids is 2. The van der Waals surface area contributed by atoms with Crippen LogP contribution in [-0.4, -0.2) is 67.2 Å². The van der Waals surface area contributed by atoms with E-state index in [4.69, 9.17) is 21.7 Å². The van der Waals surface area contributed by atoms with Crippen LogP contribution in [0.15, 0.2) is 0 Å². The number of carboxylic acid groups (broad SMARTS) is 2. The van der Waals surface area contributed by atoms with Crippen molar-refractivity contribution >= 4 is 44.9 Å². The maximum absolute atomic E-state index is 9.99. The van der Waals surface area contributed by atoms with E-state index >= 15 is 0 Å². The molecule has 2 atom stereocenters. The normalized spacial score (nSPS) is 11.7. The smallest absolute Gasteiger partial charge is 0.321 e. The first-order valence-corrected chi connectivity index (χ1v) is 12.8.